The summed E-state index contributed by atoms with van der Waals surface area (Å²) in [6, 6.07) is 13.4. The summed E-state index contributed by atoms with van der Waals surface area (Å²) < 4.78 is 10.0. The van der Waals surface area contributed by atoms with Crippen molar-refractivity contribution in [2.45, 2.75) is 26.3 Å². The first-order valence-corrected chi connectivity index (χ1v) is 7.78. The number of benzene rings is 2. The molecule has 0 atom stereocenters. The fourth-order valence-electron chi connectivity index (χ4n) is 2.21. The van der Waals surface area contributed by atoms with E-state index in [0.717, 1.165) is 10.8 Å². The average molecular weight is 330 g/mol. The highest BCUT2D eigenvalue weighted by Crippen LogP contribution is 2.23. The van der Waals surface area contributed by atoms with E-state index in [2.05, 4.69) is 10.6 Å². The minimum atomic E-state index is -0.734. The third-order valence-corrected chi connectivity index (χ3v) is 3.31. The Kier molecular flexibility index (Phi) is 5.63. The fraction of sp³-hybridized carbons (Fsp3) is 0.333. The second kappa shape index (κ2) is 7.68. The first kappa shape index (κ1) is 17.6. The molecule has 2 aromatic carbocycles. The molecule has 2 N–H and O–H groups in total. The predicted molar refractivity (Wildman–Crippen MR) is 93.2 cm³/mol. The largest absolute Gasteiger partial charge is 0.450 e. The zero-order valence-corrected chi connectivity index (χ0v) is 14.1. The van der Waals surface area contributed by atoms with Crippen LogP contribution in [0.2, 0.25) is 0 Å². The van der Waals surface area contributed by atoms with Gasteiger partial charge in [-0.3, -0.25) is 5.32 Å². The molecule has 0 aliphatic carbocycles. The summed E-state index contributed by atoms with van der Waals surface area (Å²) >= 11 is 0. The zero-order valence-electron chi connectivity index (χ0n) is 14.1. The van der Waals surface area contributed by atoms with Crippen molar-refractivity contribution < 1.29 is 19.1 Å². The van der Waals surface area contributed by atoms with E-state index in [1.165, 1.54) is 0 Å². The van der Waals surface area contributed by atoms with Gasteiger partial charge < -0.3 is 14.8 Å². The van der Waals surface area contributed by atoms with E-state index < -0.39 is 17.7 Å². The van der Waals surface area contributed by atoms with Crippen LogP contribution in [0.5, 0.6) is 0 Å². The highest BCUT2D eigenvalue weighted by atomic mass is 16.6. The molecule has 0 aliphatic rings. The van der Waals surface area contributed by atoms with Gasteiger partial charge in [-0.2, -0.15) is 0 Å². The average Bonchev–Trinajstić information content (AvgIpc) is 2.53. The van der Waals surface area contributed by atoms with Crippen LogP contribution in [0.4, 0.5) is 15.3 Å². The first-order chi connectivity index (χ1) is 11.4. The molecule has 0 saturated carbocycles. The number of amides is 2. The molecule has 0 spiro atoms. The lowest BCUT2D eigenvalue weighted by atomic mass is 10.1. The molecule has 0 aliphatic heterocycles. The molecule has 2 rings (SSSR count). The molecule has 0 aromatic heterocycles. The van der Waals surface area contributed by atoms with E-state index in [4.69, 9.17) is 9.47 Å². The van der Waals surface area contributed by atoms with Crippen LogP contribution >= 0.6 is 0 Å². The van der Waals surface area contributed by atoms with Crippen LogP contribution in [0.1, 0.15) is 20.8 Å². The van der Waals surface area contributed by atoms with E-state index in [0.29, 0.717) is 5.69 Å². The SMILES string of the molecule is CCOC(=O)NC(C)(C)COC(=O)Nc1cccc2ccccc12. The van der Waals surface area contributed by atoms with Gasteiger partial charge in [-0.15, -0.1) is 0 Å². The van der Waals surface area contributed by atoms with E-state index in [9.17, 15) is 9.59 Å². The van der Waals surface area contributed by atoms with Gasteiger partial charge in [-0.1, -0.05) is 36.4 Å². The molecule has 2 aromatic rings. The van der Waals surface area contributed by atoms with E-state index in [1.807, 2.05) is 42.5 Å². The van der Waals surface area contributed by atoms with Crippen LogP contribution in [-0.2, 0) is 9.47 Å². The summed E-state index contributed by atoms with van der Waals surface area (Å²) in [5.74, 6) is 0. The number of hydrogen-bond acceptors (Lipinski definition) is 4. The van der Waals surface area contributed by atoms with Crippen LogP contribution in [-0.4, -0.2) is 30.9 Å². The van der Waals surface area contributed by atoms with Gasteiger partial charge in [0.2, 0.25) is 0 Å². The predicted octanol–water partition coefficient (Wildman–Crippen LogP) is 3.91. The maximum Gasteiger partial charge on any atom is 0.411 e. The first-order valence-electron chi connectivity index (χ1n) is 7.78. The quantitative estimate of drug-likeness (QED) is 0.871. The fourth-order valence-corrected chi connectivity index (χ4v) is 2.21. The standard InChI is InChI=1S/C18H22N2O4/c1-4-23-17(22)20-18(2,3)12-24-16(21)19-15-11-7-9-13-8-5-6-10-14(13)15/h5-11H,4,12H2,1-3H3,(H,19,21)(H,20,22). The van der Waals surface area contributed by atoms with Crippen LogP contribution in [0, 0.1) is 0 Å². The van der Waals surface area contributed by atoms with Crippen LogP contribution < -0.4 is 10.6 Å². The van der Waals surface area contributed by atoms with Gasteiger partial charge in [0.15, 0.2) is 0 Å². The number of nitrogens with one attached hydrogen (secondary N) is 2. The van der Waals surface area contributed by atoms with Crippen molar-refractivity contribution in [2.75, 3.05) is 18.5 Å². The molecule has 128 valence electrons. The van der Waals surface area contributed by atoms with Gasteiger partial charge in [0.05, 0.1) is 17.8 Å². The Morgan fingerprint density at radius 2 is 1.71 bits per heavy atom. The van der Waals surface area contributed by atoms with Gasteiger partial charge in [0.1, 0.15) is 6.61 Å². The number of alkyl carbamates (subject to hydrolysis) is 1. The molecule has 0 unspecified atom stereocenters. The maximum absolute atomic E-state index is 12.0. The van der Waals surface area contributed by atoms with Crippen molar-refractivity contribution in [2.24, 2.45) is 0 Å². The third-order valence-electron chi connectivity index (χ3n) is 3.31. The summed E-state index contributed by atoms with van der Waals surface area (Å²) in [5.41, 5.74) is -0.0585. The molecule has 0 saturated heterocycles. The summed E-state index contributed by atoms with van der Waals surface area (Å²) in [6.45, 7) is 5.51. The number of anilines is 1. The topological polar surface area (TPSA) is 76.7 Å². The van der Waals surface area contributed by atoms with Gasteiger partial charge in [0.25, 0.3) is 0 Å². The minimum Gasteiger partial charge on any atom is -0.450 e. The maximum atomic E-state index is 12.0. The lowest BCUT2D eigenvalue weighted by molar-refractivity contribution is 0.108. The van der Waals surface area contributed by atoms with Crippen molar-refractivity contribution in [3.63, 3.8) is 0 Å². The zero-order chi connectivity index (χ0) is 17.6. The Morgan fingerprint density at radius 3 is 2.46 bits per heavy atom. The van der Waals surface area contributed by atoms with E-state index in [1.54, 1.807) is 20.8 Å². The third kappa shape index (κ3) is 4.87. The van der Waals surface area contributed by atoms with Gasteiger partial charge >= 0.3 is 12.2 Å². The Morgan fingerprint density at radius 1 is 1.00 bits per heavy atom. The minimum absolute atomic E-state index is 0.0163. The Hall–Kier alpha value is -2.76. The van der Waals surface area contributed by atoms with E-state index >= 15 is 0 Å². The smallest absolute Gasteiger partial charge is 0.411 e. The summed E-state index contributed by atoms with van der Waals surface area (Å²) in [4.78, 5) is 23.5. The number of hydrogen-bond donors (Lipinski definition) is 2. The number of fused-ring (bicyclic) bond motifs is 1. The molecular weight excluding hydrogens is 308 g/mol. The molecule has 6 heteroatoms. The van der Waals surface area contributed by atoms with Crippen molar-refractivity contribution in [1.29, 1.82) is 0 Å². The number of carbonyl (C=O) groups excluding carboxylic acids is 2. The van der Waals surface area contributed by atoms with Crippen molar-refractivity contribution in [3.8, 4) is 0 Å². The molecule has 24 heavy (non-hydrogen) atoms. The second-order valence-corrected chi connectivity index (χ2v) is 5.96. The number of carbonyl (C=O) groups is 2. The van der Waals surface area contributed by atoms with Crippen LogP contribution in [0.3, 0.4) is 0 Å². The molecule has 0 bridgehead atoms. The highest BCUT2D eigenvalue weighted by molar-refractivity contribution is 6.00. The lowest BCUT2D eigenvalue weighted by Gasteiger charge is -2.25. The normalized spacial score (nSPS) is 11.0. The molecule has 0 heterocycles. The molecule has 6 nitrogen and oxygen atoms in total. The molecule has 2 amide bonds. The van der Waals surface area contributed by atoms with Crippen molar-refractivity contribution in [1.82, 2.24) is 5.32 Å². The van der Waals surface area contributed by atoms with Crippen LogP contribution in [0.15, 0.2) is 42.5 Å². The lowest BCUT2D eigenvalue weighted by Crippen LogP contribution is -2.47. The molecule has 0 radical (unpaired) electrons. The Bertz CT molecular complexity index is 723. The number of rotatable bonds is 5. The summed E-state index contributed by atoms with van der Waals surface area (Å²) in [6.07, 6.45) is -1.12. The number of ether oxygens (including phenoxy) is 2. The van der Waals surface area contributed by atoms with Gasteiger partial charge in [-0.05, 0) is 32.2 Å². The van der Waals surface area contributed by atoms with Gasteiger partial charge in [-0.25, -0.2) is 9.59 Å². The summed E-state index contributed by atoms with van der Waals surface area (Å²) in [7, 11) is 0. The Labute approximate surface area is 141 Å². The highest BCUT2D eigenvalue weighted by Gasteiger charge is 2.23. The Balaban J connectivity index is 1.94. The van der Waals surface area contributed by atoms with Crippen molar-refractivity contribution in [3.05, 3.63) is 42.5 Å². The second-order valence-electron chi connectivity index (χ2n) is 5.96. The van der Waals surface area contributed by atoms with E-state index in [-0.39, 0.29) is 13.2 Å². The monoisotopic (exact) mass is 330 g/mol. The van der Waals surface area contributed by atoms with Gasteiger partial charge in [0, 0.05) is 5.39 Å². The molecule has 0 fully saturated rings. The van der Waals surface area contributed by atoms with Crippen LogP contribution in [0.25, 0.3) is 10.8 Å². The summed E-state index contributed by atoms with van der Waals surface area (Å²) in [5, 5.41) is 7.33. The van der Waals surface area contributed by atoms with Crippen molar-refractivity contribution >= 4 is 28.6 Å². The molecular formula is C18H22N2O4.